The zero-order valence-corrected chi connectivity index (χ0v) is 21.0. The third-order valence-corrected chi connectivity index (χ3v) is 7.27. The minimum atomic E-state index is -0.829. The average Bonchev–Trinajstić information content (AvgIpc) is 3.08. The van der Waals surface area contributed by atoms with Crippen LogP contribution in [0.2, 0.25) is 0 Å². The molecule has 0 spiro atoms. The fraction of sp³-hybridized carbons (Fsp3) is 0.522. The van der Waals surface area contributed by atoms with Crippen LogP contribution >= 0.6 is 24.0 Å². The SMILES string of the molecule is CCn1c(N2CCOCC2)c(C=C2SC(=S)N(CCCCCC(=O)O)C2=O)c(C)c(C#N)c1=O. The molecule has 2 fully saturated rings. The largest absolute Gasteiger partial charge is 0.481 e. The number of carboxylic acids is 1. The van der Waals surface area contributed by atoms with Crippen LogP contribution in [-0.4, -0.2) is 63.6 Å². The van der Waals surface area contributed by atoms with Crippen molar-refractivity contribution in [1.82, 2.24) is 9.47 Å². The third kappa shape index (κ3) is 5.51. The highest BCUT2D eigenvalue weighted by Gasteiger charge is 2.33. The van der Waals surface area contributed by atoms with Crippen LogP contribution in [0.5, 0.6) is 0 Å². The van der Waals surface area contributed by atoms with Gasteiger partial charge in [0.1, 0.15) is 21.8 Å². The van der Waals surface area contributed by atoms with Crippen LogP contribution in [0.15, 0.2) is 9.70 Å². The molecule has 1 aromatic heterocycles. The summed E-state index contributed by atoms with van der Waals surface area (Å²) in [6.45, 7) is 6.66. The zero-order valence-electron chi connectivity index (χ0n) is 19.3. The Labute approximate surface area is 208 Å². The van der Waals surface area contributed by atoms with Gasteiger partial charge in [-0.3, -0.25) is 23.9 Å². The second-order valence-corrected chi connectivity index (χ2v) is 9.71. The van der Waals surface area contributed by atoms with E-state index in [9.17, 15) is 19.6 Å². The topological polar surface area (TPSA) is 116 Å². The van der Waals surface area contributed by atoms with Gasteiger partial charge in [-0.2, -0.15) is 5.26 Å². The van der Waals surface area contributed by atoms with Gasteiger partial charge in [-0.25, -0.2) is 0 Å². The molecule has 0 saturated carbocycles. The Morgan fingerprint density at radius 1 is 1.26 bits per heavy atom. The van der Waals surface area contributed by atoms with Gasteiger partial charge >= 0.3 is 5.97 Å². The van der Waals surface area contributed by atoms with E-state index in [2.05, 4.69) is 4.90 Å². The number of nitriles is 1. The van der Waals surface area contributed by atoms with Gasteiger partial charge in [0.15, 0.2) is 0 Å². The maximum Gasteiger partial charge on any atom is 0.303 e. The van der Waals surface area contributed by atoms with E-state index >= 15 is 0 Å². The van der Waals surface area contributed by atoms with Crippen molar-refractivity contribution in [2.75, 3.05) is 37.7 Å². The van der Waals surface area contributed by atoms with Crippen molar-refractivity contribution in [2.45, 2.75) is 46.1 Å². The summed E-state index contributed by atoms with van der Waals surface area (Å²) in [5.41, 5.74) is 0.938. The highest BCUT2D eigenvalue weighted by Crippen LogP contribution is 2.36. The van der Waals surface area contributed by atoms with E-state index in [0.29, 0.717) is 84.8 Å². The molecule has 9 nitrogen and oxygen atoms in total. The number of amides is 1. The molecule has 1 N–H and O–H groups in total. The summed E-state index contributed by atoms with van der Waals surface area (Å²) in [4.78, 5) is 40.9. The van der Waals surface area contributed by atoms with E-state index in [1.807, 2.05) is 13.0 Å². The smallest absolute Gasteiger partial charge is 0.303 e. The Morgan fingerprint density at radius 2 is 1.97 bits per heavy atom. The molecule has 0 unspecified atom stereocenters. The summed E-state index contributed by atoms with van der Waals surface area (Å²) >= 11 is 6.64. The number of pyridine rings is 1. The molecule has 0 aromatic carbocycles. The molecule has 2 aliphatic rings. The Hall–Kier alpha value is -2.68. The first-order valence-corrected chi connectivity index (χ1v) is 12.5. The lowest BCUT2D eigenvalue weighted by atomic mass is 10.0. The van der Waals surface area contributed by atoms with Crippen molar-refractivity contribution in [3.63, 3.8) is 0 Å². The third-order valence-electron chi connectivity index (χ3n) is 5.89. The molecular weight excluding hydrogens is 476 g/mol. The van der Waals surface area contributed by atoms with Gasteiger partial charge in [0.05, 0.1) is 18.1 Å². The number of thiocarbonyl (C=S) groups is 1. The highest BCUT2D eigenvalue weighted by molar-refractivity contribution is 8.26. The van der Waals surface area contributed by atoms with Crippen LogP contribution in [-0.2, 0) is 20.9 Å². The summed E-state index contributed by atoms with van der Waals surface area (Å²) in [6.07, 6.45) is 3.75. The van der Waals surface area contributed by atoms with Crippen LogP contribution in [0.3, 0.4) is 0 Å². The number of carboxylic acid groups (broad SMARTS) is 1. The molecule has 182 valence electrons. The molecule has 0 bridgehead atoms. The summed E-state index contributed by atoms with van der Waals surface area (Å²) < 4.78 is 7.51. The van der Waals surface area contributed by atoms with Crippen molar-refractivity contribution < 1.29 is 19.4 Å². The Balaban J connectivity index is 1.96. The van der Waals surface area contributed by atoms with Gasteiger partial charge in [-0.05, 0) is 38.3 Å². The van der Waals surface area contributed by atoms with Crippen molar-refractivity contribution in [2.24, 2.45) is 0 Å². The van der Waals surface area contributed by atoms with Crippen LogP contribution in [0, 0.1) is 18.3 Å². The molecule has 34 heavy (non-hydrogen) atoms. The van der Waals surface area contributed by atoms with Crippen LogP contribution < -0.4 is 10.5 Å². The Morgan fingerprint density at radius 3 is 2.59 bits per heavy atom. The fourth-order valence-electron chi connectivity index (χ4n) is 4.10. The van der Waals surface area contributed by atoms with Gasteiger partial charge < -0.3 is 14.7 Å². The number of morpholine rings is 1. The summed E-state index contributed by atoms with van der Waals surface area (Å²) in [6, 6.07) is 2.03. The summed E-state index contributed by atoms with van der Waals surface area (Å²) in [7, 11) is 0. The van der Waals surface area contributed by atoms with Crippen molar-refractivity contribution >= 4 is 52.1 Å². The molecular formula is C23H28N4O5S2. The van der Waals surface area contributed by atoms with Crippen LogP contribution in [0.25, 0.3) is 6.08 Å². The number of carbonyl (C=O) groups excluding carboxylic acids is 1. The minimum absolute atomic E-state index is 0.0685. The zero-order chi connectivity index (χ0) is 24.8. The van der Waals surface area contributed by atoms with Crippen molar-refractivity contribution in [3.05, 3.63) is 31.9 Å². The quantitative estimate of drug-likeness (QED) is 0.308. The molecule has 0 aliphatic carbocycles. The fourth-order valence-corrected chi connectivity index (χ4v) is 5.39. The molecule has 0 radical (unpaired) electrons. The monoisotopic (exact) mass is 504 g/mol. The Bertz CT molecular complexity index is 1120. The number of ether oxygens (including phenoxy) is 1. The lowest BCUT2D eigenvalue weighted by Gasteiger charge is -2.33. The number of unbranched alkanes of at least 4 members (excludes halogenated alkanes) is 2. The van der Waals surface area contributed by atoms with Crippen molar-refractivity contribution in [3.8, 4) is 6.07 Å². The van der Waals surface area contributed by atoms with Crippen LogP contribution in [0.1, 0.15) is 49.3 Å². The van der Waals surface area contributed by atoms with E-state index in [1.54, 1.807) is 17.6 Å². The molecule has 11 heteroatoms. The standard InChI is InChI=1S/C23H28N4O5S2/c1-3-26-20(25-9-11-32-12-10-25)16(15(2)17(14-24)21(26)30)13-18-22(31)27(23(33)34-18)8-6-4-5-7-19(28)29/h13H,3-12H2,1-2H3,(H,28,29). The minimum Gasteiger partial charge on any atom is -0.481 e. The number of carbonyl (C=O) groups is 2. The van der Waals surface area contributed by atoms with E-state index in [0.717, 1.165) is 0 Å². The second kappa shape index (κ2) is 11.6. The molecule has 1 aromatic rings. The van der Waals surface area contributed by atoms with Gasteiger partial charge in [-0.15, -0.1) is 0 Å². The summed E-state index contributed by atoms with van der Waals surface area (Å²) in [5.74, 6) is -0.357. The van der Waals surface area contributed by atoms with Crippen LogP contribution in [0.4, 0.5) is 5.82 Å². The van der Waals surface area contributed by atoms with Crippen molar-refractivity contribution in [1.29, 1.82) is 5.26 Å². The van der Waals surface area contributed by atoms with E-state index in [-0.39, 0.29) is 23.5 Å². The van der Waals surface area contributed by atoms with Gasteiger partial charge in [0, 0.05) is 38.2 Å². The highest BCUT2D eigenvalue weighted by atomic mass is 32.2. The first-order valence-electron chi connectivity index (χ1n) is 11.3. The van der Waals surface area contributed by atoms with E-state index in [1.165, 1.54) is 16.7 Å². The number of thioether (sulfide) groups is 1. The summed E-state index contributed by atoms with van der Waals surface area (Å²) in [5, 5.41) is 18.4. The number of aromatic nitrogens is 1. The predicted molar refractivity (Wildman–Crippen MR) is 135 cm³/mol. The molecule has 1 amide bonds. The molecule has 2 saturated heterocycles. The van der Waals surface area contributed by atoms with E-state index in [4.69, 9.17) is 22.1 Å². The average molecular weight is 505 g/mol. The first kappa shape index (κ1) is 25.9. The second-order valence-electron chi connectivity index (χ2n) is 8.04. The lowest BCUT2D eigenvalue weighted by molar-refractivity contribution is -0.137. The van der Waals surface area contributed by atoms with Gasteiger partial charge in [-0.1, -0.05) is 30.4 Å². The number of hydrogen-bond acceptors (Lipinski definition) is 8. The van der Waals surface area contributed by atoms with Gasteiger partial charge in [0.25, 0.3) is 11.5 Å². The molecule has 3 rings (SSSR count). The number of rotatable bonds is 9. The van der Waals surface area contributed by atoms with Gasteiger partial charge in [0.2, 0.25) is 0 Å². The number of nitrogens with zero attached hydrogens (tertiary/aromatic N) is 4. The number of anilines is 1. The molecule has 0 atom stereocenters. The number of hydrogen-bond donors (Lipinski definition) is 1. The van der Waals surface area contributed by atoms with E-state index < -0.39 is 5.97 Å². The predicted octanol–water partition coefficient (Wildman–Crippen LogP) is 2.73. The molecule has 2 aliphatic heterocycles. The number of aliphatic carboxylic acids is 1. The lowest BCUT2D eigenvalue weighted by Crippen LogP contribution is -2.41. The first-order chi connectivity index (χ1) is 16.3. The molecule has 3 heterocycles. The normalized spacial score (nSPS) is 17.5. The maximum atomic E-state index is 13.2. The maximum absolute atomic E-state index is 13.2. The Kier molecular flexibility index (Phi) is 8.88.